The molecule has 0 bridgehead atoms. The number of amides is 4. The summed E-state index contributed by atoms with van der Waals surface area (Å²) in [5, 5.41) is 0. The van der Waals surface area contributed by atoms with Crippen LogP contribution in [-0.2, 0) is 32.1 Å². The van der Waals surface area contributed by atoms with Crippen molar-refractivity contribution in [3.63, 3.8) is 0 Å². The van der Waals surface area contributed by atoms with Gasteiger partial charge in [-0.15, -0.1) is 0 Å². The molecule has 0 unspecified atom stereocenters. The van der Waals surface area contributed by atoms with Gasteiger partial charge in [0.25, 0.3) is 5.91 Å². The molecule has 0 N–H and O–H groups in total. The summed E-state index contributed by atoms with van der Waals surface area (Å²) in [6, 6.07) is 23.2. The van der Waals surface area contributed by atoms with Gasteiger partial charge in [-0.25, -0.2) is 9.78 Å². The molecular weight excluding hydrogens is 658 g/mol. The molecule has 1 saturated heterocycles. The minimum Gasteiger partial charge on any atom is -0.497 e. The van der Waals surface area contributed by atoms with Gasteiger partial charge in [-0.2, -0.15) is 0 Å². The van der Waals surface area contributed by atoms with Crippen LogP contribution in [0.3, 0.4) is 0 Å². The maximum absolute atomic E-state index is 14.2. The summed E-state index contributed by atoms with van der Waals surface area (Å²) in [6.07, 6.45) is 6.53. The monoisotopic (exact) mass is 703 g/mol. The molecule has 1 aliphatic heterocycles. The van der Waals surface area contributed by atoms with Crippen molar-refractivity contribution in [3.05, 3.63) is 114 Å². The fourth-order valence-corrected chi connectivity index (χ4v) is 6.70. The molecule has 6 rings (SSSR count). The second kappa shape index (κ2) is 15.3. The van der Waals surface area contributed by atoms with Gasteiger partial charge in [0.15, 0.2) is 0 Å². The molecule has 2 aromatic carbocycles. The molecule has 2 aromatic heterocycles. The molecule has 2 fully saturated rings. The van der Waals surface area contributed by atoms with E-state index in [-0.39, 0.29) is 37.1 Å². The number of carbonyl (C=O) groups is 4. The van der Waals surface area contributed by atoms with Crippen molar-refractivity contribution in [2.75, 3.05) is 24.0 Å². The fourth-order valence-electron chi connectivity index (χ4n) is 6.70. The summed E-state index contributed by atoms with van der Waals surface area (Å²) in [4.78, 5) is 68.4. The van der Waals surface area contributed by atoms with E-state index in [1.807, 2.05) is 54.6 Å². The van der Waals surface area contributed by atoms with E-state index in [2.05, 4.69) is 9.97 Å². The smallest absolute Gasteiger partial charge is 0.416 e. The summed E-state index contributed by atoms with van der Waals surface area (Å²) in [5.74, 6) is -0.556. The van der Waals surface area contributed by atoms with Crippen molar-refractivity contribution >= 4 is 35.3 Å². The van der Waals surface area contributed by atoms with Gasteiger partial charge in [-0.3, -0.25) is 29.2 Å². The van der Waals surface area contributed by atoms with E-state index >= 15 is 0 Å². The highest BCUT2D eigenvalue weighted by Gasteiger charge is 2.55. The van der Waals surface area contributed by atoms with Gasteiger partial charge in [0, 0.05) is 37.7 Å². The van der Waals surface area contributed by atoms with E-state index in [1.54, 1.807) is 77.8 Å². The Morgan fingerprint density at radius 2 is 1.62 bits per heavy atom. The van der Waals surface area contributed by atoms with Crippen molar-refractivity contribution < 1.29 is 28.7 Å². The van der Waals surface area contributed by atoms with Crippen LogP contribution in [0, 0.1) is 11.8 Å². The number of hydrogen-bond acceptors (Lipinski definition) is 8. The van der Waals surface area contributed by atoms with Crippen LogP contribution < -0.4 is 14.5 Å². The minimum atomic E-state index is -1.01. The zero-order chi connectivity index (χ0) is 37.0. The van der Waals surface area contributed by atoms with Crippen molar-refractivity contribution in [2.24, 2.45) is 11.8 Å². The Labute approximate surface area is 304 Å². The number of pyridine rings is 2. The maximum atomic E-state index is 14.2. The fraction of sp³-hybridized carbons (Fsp3) is 0.366. The van der Waals surface area contributed by atoms with Crippen LogP contribution in [0.25, 0.3) is 0 Å². The molecule has 4 amide bonds. The number of β-lactam (4-membered cyclic amide) rings is 1. The van der Waals surface area contributed by atoms with Crippen LogP contribution in [-0.4, -0.2) is 64.5 Å². The van der Waals surface area contributed by atoms with E-state index in [0.29, 0.717) is 28.7 Å². The van der Waals surface area contributed by atoms with Crippen molar-refractivity contribution in [1.29, 1.82) is 0 Å². The van der Waals surface area contributed by atoms with Crippen LogP contribution in [0.4, 0.5) is 16.3 Å². The first-order chi connectivity index (χ1) is 24.9. The number of nitrogens with zero attached hydrogens (tertiary/aromatic N) is 5. The molecule has 11 heteroatoms. The number of anilines is 2. The average molecular weight is 704 g/mol. The van der Waals surface area contributed by atoms with E-state index in [9.17, 15) is 19.2 Å². The van der Waals surface area contributed by atoms with E-state index in [1.165, 1.54) is 14.7 Å². The molecule has 270 valence electrons. The van der Waals surface area contributed by atoms with Crippen LogP contribution in [0.5, 0.6) is 5.75 Å². The third-order valence-corrected chi connectivity index (χ3v) is 9.59. The number of likely N-dealkylation sites (tertiary alicyclic amines) is 1. The molecule has 52 heavy (non-hydrogen) atoms. The lowest BCUT2D eigenvalue weighted by Crippen LogP contribution is -2.69. The minimum absolute atomic E-state index is 0.0264. The molecule has 3 atom stereocenters. The molecular formula is C41H45N5O6. The van der Waals surface area contributed by atoms with Crippen molar-refractivity contribution in [1.82, 2.24) is 14.9 Å². The number of rotatable bonds is 12. The summed E-state index contributed by atoms with van der Waals surface area (Å²) in [5.41, 5.74) is 2.42. The quantitative estimate of drug-likeness (QED) is 0.152. The number of carbonyl (C=O) groups excluding carboxylic acids is 4. The molecule has 0 spiro atoms. The van der Waals surface area contributed by atoms with E-state index in [0.717, 1.165) is 24.0 Å². The predicted molar refractivity (Wildman–Crippen MR) is 197 cm³/mol. The molecule has 0 radical (unpaired) electrons. The normalized spacial score (nSPS) is 17.5. The zero-order valence-electron chi connectivity index (χ0n) is 30.3. The van der Waals surface area contributed by atoms with Gasteiger partial charge in [-0.05, 0) is 105 Å². The van der Waals surface area contributed by atoms with Gasteiger partial charge >= 0.3 is 6.09 Å². The molecule has 1 saturated carbocycles. The standard InChI is InChI=1S/C41H45N5O6/c1-41(2,3)52-40(50)45(26-27-11-15-32(51-5)16-12-27)35-24-28(17-22-43-35)23-34-37(39(49)44(4)31-18-20-42-21-19-31)46(38(34)48)36(47)25-33(30-13-14-30)29-9-7-6-8-10-29/h6-12,15-22,24,30,33-34,37H,13-14,23,25-26H2,1-5H3/t33-,34+,37-/m0/s1. The second-order valence-electron chi connectivity index (χ2n) is 14.5. The average Bonchev–Trinajstić information content (AvgIpc) is 3.99. The third kappa shape index (κ3) is 8.30. The summed E-state index contributed by atoms with van der Waals surface area (Å²) in [7, 11) is 3.23. The Kier molecular flexibility index (Phi) is 10.7. The Hall–Kier alpha value is -5.58. The van der Waals surface area contributed by atoms with Crippen LogP contribution in [0.15, 0.2) is 97.5 Å². The number of methoxy groups -OCH3 is 1. The maximum Gasteiger partial charge on any atom is 0.416 e. The van der Waals surface area contributed by atoms with Gasteiger partial charge < -0.3 is 14.4 Å². The lowest BCUT2D eigenvalue weighted by molar-refractivity contribution is -0.170. The Bertz CT molecular complexity index is 1890. The lowest BCUT2D eigenvalue weighted by atomic mass is 9.80. The molecule has 3 heterocycles. The van der Waals surface area contributed by atoms with Crippen LogP contribution >= 0.6 is 0 Å². The number of benzene rings is 2. The van der Waals surface area contributed by atoms with E-state index < -0.39 is 29.6 Å². The van der Waals surface area contributed by atoms with Gasteiger partial charge in [0.2, 0.25) is 11.8 Å². The number of aromatic nitrogens is 2. The topological polar surface area (TPSA) is 122 Å². The summed E-state index contributed by atoms with van der Waals surface area (Å²) < 4.78 is 11.0. The first-order valence-corrected chi connectivity index (χ1v) is 17.6. The first kappa shape index (κ1) is 36.2. The molecule has 4 aromatic rings. The van der Waals surface area contributed by atoms with Gasteiger partial charge in [0.05, 0.1) is 19.6 Å². The SMILES string of the molecule is COc1ccc(CN(C(=O)OC(C)(C)C)c2cc(C[C@H]3C(=O)N(C(=O)C[C@@H](c4ccccc4)C4CC4)[C@@H]3C(=O)N(C)c3ccncc3)ccn2)cc1. The Balaban J connectivity index is 1.27. The highest BCUT2D eigenvalue weighted by Crippen LogP contribution is 2.45. The first-order valence-electron chi connectivity index (χ1n) is 17.6. The number of imide groups is 1. The van der Waals surface area contributed by atoms with Gasteiger partial charge in [-0.1, -0.05) is 42.5 Å². The Morgan fingerprint density at radius 3 is 2.25 bits per heavy atom. The van der Waals surface area contributed by atoms with Crippen molar-refractivity contribution in [2.45, 2.75) is 70.6 Å². The largest absolute Gasteiger partial charge is 0.497 e. The van der Waals surface area contributed by atoms with Crippen LogP contribution in [0.1, 0.15) is 62.6 Å². The summed E-state index contributed by atoms with van der Waals surface area (Å²) in [6.45, 7) is 5.55. The number of hydrogen-bond donors (Lipinski definition) is 0. The van der Waals surface area contributed by atoms with Gasteiger partial charge in [0.1, 0.15) is 23.2 Å². The van der Waals surface area contributed by atoms with Crippen LogP contribution in [0.2, 0.25) is 0 Å². The molecule has 11 nitrogen and oxygen atoms in total. The highest BCUT2D eigenvalue weighted by molar-refractivity contribution is 6.13. The van der Waals surface area contributed by atoms with Crippen molar-refractivity contribution in [3.8, 4) is 5.75 Å². The number of ether oxygens (including phenoxy) is 2. The van der Waals surface area contributed by atoms with E-state index in [4.69, 9.17) is 9.47 Å². The predicted octanol–water partition coefficient (Wildman–Crippen LogP) is 6.57. The zero-order valence-corrected chi connectivity index (χ0v) is 30.3. The third-order valence-electron chi connectivity index (χ3n) is 9.59. The Morgan fingerprint density at radius 1 is 0.923 bits per heavy atom. The molecule has 1 aliphatic carbocycles. The highest BCUT2D eigenvalue weighted by atomic mass is 16.6. The second-order valence-corrected chi connectivity index (χ2v) is 14.5. The lowest BCUT2D eigenvalue weighted by Gasteiger charge is -2.46. The molecule has 2 aliphatic rings. The summed E-state index contributed by atoms with van der Waals surface area (Å²) >= 11 is 0. The number of likely N-dealkylation sites (N-methyl/N-ethyl adjacent to an activating group) is 1.